The number of aliphatic hydroxyl groups is 1. The van der Waals surface area contributed by atoms with E-state index >= 15 is 0 Å². The van der Waals surface area contributed by atoms with Crippen LogP contribution in [0, 0.1) is 5.21 Å². The van der Waals surface area contributed by atoms with Crippen LogP contribution in [0.4, 0.5) is 10.5 Å². The van der Waals surface area contributed by atoms with Crippen LogP contribution >= 0.6 is 11.8 Å². The fraction of sp³-hybridized carbons (Fsp3) is 0.321. The number of pyridine rings is 1. The lowest BCUT2D eigenvalue weighted by Gasteiger charge is -2.36. The Morgan fingerprint density at radius 3 is 2.51 bits per heavy atom. The number of thioether (sulfide) groups is 1. The molecule has 1 aliphatic rings. The molecule has 1 aliphatic heterocycles. The number of aliphatic hydroxyl groups excluding tert-OH is 1. The van der Waals surface area contributed by atoms with Gasteiger partial charge in [-0.1, -0.05) is 48.2 Å². The molecule has 206 valence electrons. The van der Waals surface area contributed by atoms with Crippen LogP contribution in [0.3, 0.4) is 0 Å². The highest BCUT2D eigenvalue weighted by atomic mass is 32.2. The van der Waals surface area contributed by atoms with Gasteiger partial charge in [-0.3, -0.25) is 4.79 Å². The highest BCUT2D eigenvalue weighted by Crippen LogP contribution is 2.39. The Labute approximate surface area is 230 Å². The van der Waals surface area contributed by atoms with E-state index < -0.39 is 18.3 Å². The molecule has 10 nitrogen and oxygen atoms in total. The van der Waals surface area contributed by atoms with Crippen molar-refractivity contribution in [3.05, 3.63) is 94.8 Å². The third-order valence-corrected chi connectivity index (χ3v) is 7.11. The van der Waals surface area contributed by atoms with E-state index in [1.807, 2.05) is 30.3 Å². The van der Waals surface area contributed by atoms with Crippen LogP contribution < -0.4 is 15.4 Å². The quantitative estimate of drug-likeness (QED) is 0.149. The van der Waals surface area contributed by atoms with E-state index in [-0.39, 0.29) is 32.0 Å². The van der Waals surface area contributed by atoms with Gasteiger partial charge in [0.2, 0.25) is 0 Å². The minimum Gasteiger partial charge on any atom is -0.618 e. The van der Waals surface area contributed by atoms with Gasteiger partial charge in [0, 0.05) is 35.6 Å². The number of ether oxygens (including phenoxy) is 3. The van der Waals surface area contributed by atoms with Crippen LogP contribution in [-0.2, 0) is 25.6 Å². The summed E-state index contributed by atoms with van der Waals surface area (Å²) in [7, 11) is 0. The molecule has 0 unspecified atom stereocenters. The number of benzene rings is 2. The Balaban J connectivity index is 1.44. The molecule has 0 aliphatic carbocycles. The molecule has 0 bridgehead atoms. The molecular formula is C28H31N3O7S. The molecule has 11 heteroatoms. The molecule has 2 amide bonds. The first kappa shape index (κ1) is 28.4. The van der Waals surface area contributed by atoms with Crippen LogP contribution in [0.2, 0.25) is 0 Å². The summed E-state index contributed by atoms with van der Waals surface area (Å²) in [4.78, 5) is 23.5. The van der Waals surface area contributed by atoms with E-state index in [2.05, 4.69) is 10.6 Å². The second kappa shape index (κ2) is 13.9. The maximum atomic E-state index is 12.1. The third kappa shape index (κ3) is 8.17. The average Bonchev–Trinajstić information content (AvgIpc) is 2.96. The zero-order valence-corrected chi connectivity index (χ0v) is 22.3. The van der Waals surface area contributed by atoms with Gasteiger partial charge in [0.25, 0.3) is 5.03 Å². The van der Waals surface area contributed by atoms with E-state index in [0.717, 1.165) is 21.4 Å². The maximum absolute atomic E-state index is 12.1. The fourth-order valence-corrected chi connectivity index (χ4v) is 4.92. The van der Waals surface area contributed by atoms with Gasteiger partial charge in [0.15, 0.2) is 12.5 Å². The van der Waals surface area contributed by atoms with Crippen LogP contribution in [0.5, 0.6) is 0 Å². The highest BCUT2D eigenvalue weighted by Gasteiger charge is 2.32. The normalized spacial score (nSPS) is 18.8. The van der Waals surface area contributed by atoms with Crippen LogP contribution in [0.15, 0.2) is 78.0 Å². The molecule has 39 heavy (non-hydrogen) atoms. The van der Waals surface area contributed by atoms with Crippen LogP contribution in [0.25, 0.3) is 0 Å². The molecule has 0 radical (unpaired) electrons. The first-order chi connectivity index (χ1) is 18.9. The fourth-order valence-electron chi connectivity index (χ4n) is 3.99. The van der Waals surface area contributed by atoms with Crippen LogP contribution in [0.1, 0.15) is 42.4 Å². The van der Waals surface area contributed by atoms with Crippen molar-refractivity contribution in [3.8, 4) is 0 Å². The number of rotatable bonds is 10. The van der Waals surface area contributed by atoms with Gasteiger partial charge in [-0.2, -0.15) is 4.73 Å². The number of anilines is 1. The van der Waals surface area contributed by atoms with Gasteiger partial charge in [-0.05, 0) is 36.2 Å². The number of hydrogen-bond acceptors (Lipinski definition) is 8. The van der Waals surface area contributed by atoms with Gasteiger partial charge in [-0.25, -0.2) is 4.79 Å². The second-order valence-corrected chi connectivity index (χ2v) is 9.80. The van der Waals surface area contributed by atoms with Crippen molar-refractivity contribution in [1.82, 2.24) is 5.32 Å². The largest absolute Gasteiger partial charge is 0.618 e. The highest BCUT2D eigenvalue weighted by molar-refractivity contribution is 7.99. The summed E-state index contributed by atoms with van der Waals surface area (Å²) in [5.41, 5.74) is 3.07. The van der Waals surface area contributed by atoms with Gasteiger partial charge < -0.3 is 35.2 Å². The van der Waals surface area contributed by atoms with E-state index in [9.17, 15) is 19.9 Å². The van der Waals surface area contributed by atoms with Crippen molar-refractivity contribution in [3.63, 3.8) is 0 Å². The molecular weight excluding hydrogens is 522 g/mol. The Morgan fingerprint density at radius 1 is 1.08 bits per heavy atom. The van der Waals surface area contributed by atoms with E-state index in [0.29, 0.717) is 22.9 Å². The summed E-state index contributed by atoms with van der Waals surface area (Å²) in [6.45, 7) is 1.68. The van der Waals surface area contributed by atoms with E-state index in [4.69, 9.17) is 14.2 Å². The summed E-state index contributed by atoms with van der Waals surface area (Å²) in [6.07, 6.45) is 0.919. The lowest BCUT2D eigenvalue weighted by molar-refractivity contribution is -0.645. The molecule has 4 rings (SSSR count). The van der Waals surface area contributed by atoms with Crippen molar-refractivity contribution in [2.75, 3.05) is 24.2 Å². The summed E-state index contributed by atoms with van der Waals surface area (Å²) in [5, 5.41) is 27.2. The van der Waals surface area contributed by atoms with Crippen molar-refractivity contribution < 1.29 is 33.6 Å². The number of aromatic nitrogens is 1. The van der Waals surface area contributed by atoms with Gasteiger partial charge in [0.05, 0.1) is 25.4 Å². The van der Waals surface area contributed by atoms with Crippen molar-refractivity contribution in [1.29, 1.82) is 0 Å². The number of hydrogen-bond donors (Lipinski definition) is 3. The summed E-state index contributed by atoms with van der Waals surface area (Å²) >= 11 is 1.42. The van der Waals surface area contributed by atoms with Crippen molar-refractivity contribution >= 4 is 29.4 Å². The van der Waals surface area contributed by atoms with Crippen LogP contribution in [-0.4, -0.2) is 42.1 Å². The molecule has 0 saturated carbocycles. The summed E-state index contributed by atoms with van der Waals surface area (Å²) in [6, 6.07) is 19.4. The molecule has 1 fully saturated rings. The number of nitrogens with zero attached hydrogens (tertiary/aromatic N) is 1. The lowest BCUT2D eigenvalue weighted by atomic mass is 10.0. The van der Waals surface area contributed by atoms with Crippen molar-refractivity contribution in [2.24, 2.45) is 0 Å². The Hall–Kier alpha value is -3.64. The molecule has 0 spiro atoms. The number of carbonyl (C=O) groups excluding carboxylic acids is 2. The monoisotopic (exact) mass is 553 g/mol. The van der Waals surface area contributed by atoms with Crippen molar-refractivity contribution in [2.45, 2.75) is 43.5 Å². The molecule has 2 aromatic carbocycles. The topological polar surface area (TPSA) is 133 Å². The van der Waals surface area contributed by atoms with Gasteiger partial charge in [0.1, 0.15) is 6.54 Å². The maximum Gasteiger partial charge on any atom is 0.325 e. The zero-order valence-electron chi connectivity index (χ0n) is 21.4. The predicted octanol–water partition coefficient (Wildman–Crippen LogP) is 3.83. The smallest absolute Gasteiger partial charge is 0.325 e. The number of urea groups is 1. The average molecular weight is 554 g/mol. The van der Waals surface area contributed by atoms with E-state index in [1.54, 1.807) is 43.3 Å². The summed E-state index contributed by atoms with van der Waals surface area (Å²) in [5.74, 6) is 0.0395. The molecule has 2 heterocycles. The minimum atomic E-state index is -0.672. The molecule has 1 saturated heterocycles. The first-order valence-electron chi connectivity index (χ1n) is 12.6. The molecule has 3 atom stereocenters. The first-order valence-corrected chi connectivity index (χ1v) is 13.6. The molecule has 1 aromatic heterocycles. The van der Waals surface area contributed by atoms with Gasteiger partial charge >= 0.3 is 12.0 Å². The zero-order chi connectivity index (χ0) is 27.6. The minimum absolute atomic E-state index is 0.0374. The number of amides is 2. The predicted molar refractivity (Wildman–Crippen MR) is 145 cm³/mol. The number of carbonyl (C=O) groups is 2. The Morgan fingerprint density at radius 2 is 1.82 bits per heavy atom. The Kier molecular flexibility index (Phi) is 10.1. The second-order valence-electron chi connectivity index (χ2n) is 8.76. The number of esters is 1. The SMILES string of the molecule is CCOC(=O)CNC(=O)Nc1ccc([C@H]2O[C@@H](CSc3cccc[n+]3[O-])C[C@@H](c3ccc(CO)cc3)O2)cc1. The lowest BCUT2D eigenvalue weighted by Crippen LogP contribution is -2.34. The standard InChI is InChI=1S/C28H31N3O7S/c1-2-36-26(33)16-29-28(34)30-22-12-10-21(11-13-22)27-37-23(18-39-25-5-3-4-14-31(25)35)15-24(38-27)20-8-6-19(17-32)7-9-20/h3-14,23-24,27,32H,2,15-18H2,1H3,(H2,29,30,34)/t23-,24+,27+/m1/s1. The molecule has 3 N–H and O–H groups in total. The Bertz CT molecular complexity index is 1240. The molecule has 3 aromatic rings. The third-order valence-electron chi connectivity index (χ3n) is 5.96. The number of nitrogens with one attached hydrogen (secondary N) is 2. The van der Waals surface area contributed by atoms with E-state index in [1.165, 1.54) is 18.0 Å². The van der Waals surface area contributed by atoms with Gasteiger partial charge in [-0.15, -0.1) is 0 Å². The summed E-state index contributed by atoms with van der Waals surface area (Å²) < 4.78 is 18.3.